The number of ketones is 1. The van der Waals surface area contributed by atoms with Crippen molar-refractivity contribution < 1.29 is 18.3 Å². The Morgan fingerprint density at radius 3 is 2.59 bits per heavy atom. The molecule has 0 radical (unpaired) electrons. The molecule has 0 N–H and O–H groups in total. The summed E-state index contributed by atoms with van der Waals surface area (Å²) >= 11 is 6.30. The minimum absolute atomic E-state index is 0.0308. The molecule has 0 unspecified atom stereocenters. The Kier molecular flexibility index (Phi) is 7.78. The Morgan fingerprint density at radius 1 is 1.21 bits per heavy atom. The fraction of sp³-hybridized carbons (Fsp3) is 0.250. The molecule has 0 amide bonds. The summed E-state index contributed by atoms with van der Waals surface area (Å²) in [6.07, 6.45) is 5.98. The topological polar surface area (TPSA) is 77.3 Å². The highest BCUT2D eigenvalue weighted by atomic mass is 35.5. The maximum absolute atomic E-state index is 13.9. The number of aromatic nitrogens is 3. The first kappa shape index (κ1) is 25.0. The Hall–Kier alpha value is -3.59. The Bertz CT molecular complexity index is 1320. The smallest absolute Gasteiger partial charge is 0.277 e. The van der Waals surface area contributed by atoms with Crippen LogP contribution in [0.1, 0.15) is 34.4 Å². The average molecular weight is 489 g/mol. The molecule has 0 aliphatic heterocycles. The van der Waals surface area contributed by atoms with Gasteiger partial charge in [0.25, 0.3) is 5.56 Å². The molecule has 3 heterocycles. The number of pyridine rings is 3. The molecule has 178 valence electrons. The molecule has 3 aromatic heterocycles. The van der Waals surface area contributed by atoms with Gasteiger partial charge < -0.3 is 9.64 Å². The van der Waals surface area contributed by atoms with Gasteiger partial charge in [-0.2, -0.15) is 0 Å². The van der Waals surface area contributed by atoms with Gasteiger partial charge in [0, 0.05) is 50.4 Å². The number of allylic oxidation sites excluding steroid dienone is 1. The van der Waals surface area contributed by atoms with Gasteiger partial charge in [-0.3, -0.25) is 24.1 Å². The van der Waals surface area contributed by atoms with Crippen molar-refractivity contribution in [3.8, 4) is 11.4 Å². The van der Waals surface area contributed by atoms with E-state index in [9.17, 15) is 18.4 Å². The molecule has 0 aliphatic carbocycles. The molecule has 0 saturated heterocycles. The highest BCUT2D eigenvalue weighted by Crippen LogP contribution is 2.26. The van der Waals surface area contributed by atoms with E-state index in [0.717, 1.165) is 11.8 Å². The molecule has 0 bridgehead atoms. The number of halogens is 3. The number of ether oxygens (including phenoxy) is 1. The normalized spacial score (nSPS) is 11.1. The SMILES string of the molecule is CCc1cnc(C(=O)/C=C/N(C)C)cc1-n1c(C)cc(OCc2ncc(F)cc2F)c(Cl)c1=O. The second-order valence-electron chi connectivity index (χ2n) is 7.67. The quantitative estimate of drug-likeness (QED) is 0.348. The van der Waals surface area contributed by atoms with Crippen LogP contribution in [0.15, 0.2) is 47.7 Å². The third-order valence-corrected chi connectivity index (χ3v) is 5.26. The zero-order valence-electron chi connectivity index (χ0n) is 19.1. The molecule has 3 rings (SSSR count). The summed E-state index contributed by atoms with van der Waals surface area (Å²) in [4.78, 5) is 35.3. The molecule has 0 saturated carbocycles. The molecule has 7 nitrogen and oxygen atoms in total. The summed E-state index contributed by atoms with van der Waals surface area (Å²) in [5.74, 6) is -1.96. The highest BCUT2D eigenvalue weighted by Gasteiger charge is 2.18. The van der Waals surface area contributed by atoms with Crippen LogP contribution in [0.5, 0.6) is 5.75 Å². The van der Waals surface area contributed by atoms with E-state index < -0.39 is 17.2 Å². The monoisotopic (exact) mass is 488 g/mol. The van der Waals surface area contributed by atoms with Gasteiger partial charge >= 0.3 is 0 Å². The molecule has 10 heteroatoms. The molecule has 0 spiro atoms. The second-order valence-corrected chi connectivity index (χ2v) is 8.05. The summed E-state index contributed by atoms with van der Waals surface area (Å²) in [5, 5.41) is -0.229. The number of carbonyl (C=O) groups is 1. The fourth-order valence-corrected chi connectivity index (χ4v) is 3.37. The molecular weight excluding hydrogens is 466 g/mol. The van der Waals surface area contributed by atoms with Gasteiger partial charge in [0.2, 0.25) is 5.78 Å². The third kappa shape index (κ3) is 5.48. The zero-order chi connectivity index (χ0) is 25.0. The summed E-state index contributed by atoms with van der Waals surface area (Å²) in [6, 6.07) is 3.77. The second kappa shape index (κ2) is 10.6. The van der Waals surface area contributed by atoms with Crippen molar-refractivity contribution >= 4 is 17.4 Å². The van der Waals surface area contributed by atoms with Crippen LogP contribution < -0.4 is 10.3 Å². The van der Waals surface area contributed by atoms with Crippen LogP contribution in [0, 0.1) is 18.6 Å². The lowest BCUT2D eigenvalue weighted by Crippen LogP contribution is -2.23. The molecule has 0 atom stereocenters. The molecule has 34 heavy (non-hydrogen) atoms. The maximum Gasteiger partial charge on any atom is 0.277 e. The third-order valence-electron chi connectivity index (χ3n) is 4.91. The summed E-state index contributed by atoms with van der Waals surface area (Å²) in [6.45, 7) is 3.23. The van der Waals surface area contributed by atoms with E-state index in [0.29, 0.717) is 23.9 Å². The van der Waals surface area contributed by atoms with Crippen molar-refractivity contribution in [1.29, 1.82) is 0 Å². The molecule has 0 fully saturated rings. The summed E-state index contributed by atoms with van der Waals surface area (Å²) in [7, 11) is 3.58. The van der Waals surface area contributed by atoms with E-state index >= 15 is 0 Å². The molecular formula is C24H23ClF2N4O3. The van der Waals surface area contributed by atoms with Crippen LogP contribution in [0.3, 0.4) is 0 Å². The Labute approximate surface area is 200 Å². The lowest BCUT2D eigenvalue weighted by atomic mass is 10.1. The first-order valence-electron chi connectivity index (χ1n) is 10.4. The van der Waals surface area contributed by atoms with Crippen LogP contribution in [-0.4, -0.2) is 39.3 Å². The predicted octanol–water partition coefficient (Wildman–Crippen LogP) is 4.27. The van der Waals surface area contributed by atoms with Gasteiger partial charge in [-0.25, -0.2) is 8.78 Å². The molecule has 3 aromatic rings. The number of aryl methyl sites for hydroxylation is 2. The van der Waals surface area contributed by atoms with Crippen molar-refractivity contribution in [2.45, 2.75) is 26.9 Å². The van der Waals surface area contributed by atoms with Crippen molar-refractivity contribution in [3.05, 3.63) is 92.5 Å². The van der Waals surface area contributed by atoms with Gasteiger partial charge in [0.1, 0.15) is 34.6 Å². The van der Waals surface area contributed by atoms with Crippen LogP contribution in [-0.2, 0) is 13.0 Å². The van der Waals surface area contributed by atoms with Crippen LogP contribution in [0.2, 0.25) is 5.02 Å². The first-order valence-corrected chi connectivity index (χ1v) is 10.7. The zero-order valence-corrected chi connectivity index (χ0v) is 19.9. The number of hydrogen-bond acceptors (Lipinski definition) is 6. The Morgan fingerprint density at radius 2 is 1.94 bits per heavy atom. The van der Waals surface area contributed by atoms with E-state index in [-0.39, 0.29) is 34.6 Å². The van der Waals surface area contributed by atoms with Gasteiger partial charge in [0.05, 0.1) is 11.9 Å². The van der Waals surface area contributed by atoms with Gasteiger partial charge in [0.15, 0.2) is 5.82 Å². The van der Waals surface area contributed by atoms with Gasteiger partial charge in [-0.1, -0.05) is 18.5 Å². The fourth-order valence-electron chi connectivity index (χ4n) is 3.17. The van der Waals surface area contributed by atoms with Crippen LogP contribution >= 0.6 is 11.6 Å². The summed E-state index contributed by atoms with van der Waals surface area (Å²) in [5.41, 5.74) is 1.15. The van der Waals surface area contributed by atoms with E-state index in [1.54, 1.807) is 44.4 Å². The van der Waals surface area contributed by atoms with E-state index in [4.69, 9.17) is 16.3 Å². The van der Waals surface area contributed by atoms with Crippen LogP contribution in [0.25, 0.3) is 5.69 Å². The van der Waals surface area contributed by atoms with Crippen molar-refractivity contribution in [3.63, 3.8) is 0 Å². The molecule has 0 aromatic carbocycles. The number of hydrogen-bond donors (Lipinski definition) is 0. The number of nitrogens with zero attached hydrogens (tertiary/aromatic N) is 4. The van der Waals surface area contributed by atoms with E-state index in [1.807, 2.05) is 6.92 Å². The highest BCUT2D eigenvalue weighted by molar-refractivity contribution is 6.31. The lowest BCUT2D eigenvalue weighted by Gasteiger charge is -2.17. The van der Waals surface area contributed by atoms with Crippen molar-refractivity contribution in [2.75, 3.05) is 14.1 Å². The minimum Gasteiger partial charge on any atom is -0.485 e. The van der Waals surface area contributed by atoms with Crippen LogP contribution in [0.4, 0.5) is 8.78 Å². The minimum atomic E-state index is -0.869. The van der Waals surface area contributed by atoms with Crippen molar-refractivity contribution in [2.24, 2.45) is 0 Å². The summed E-state index contributed by atoms with van der Waals surface area (Å²) < 4.78 is 33.8. The standard InChI is InChI=1S/C24H23ClF2N4O3/c1-5-15-11-28-18(21(32)6-7-30(3)4)10-20(15)31-14(2)8-22(23(25)24(31)33)34-13-19-17(27)9-16(26)12-29-19/h6-12H,5,13H2,1-4H3/b7-6+. The van der Waals surface area contributed by atoms with E-state index in [2.05, 4.69) is 9.97 Å². The number of carbonyl (C=O) groups excluding carboxylic acids is 1. The average Bonchev–Trinajstić information content (AvgIpc) is 2.79. The lowest BCUT2D eigenvalue weighted by molar-refractivity contribution is 0.104. The Balaban J connectivity index is 2.00. The first-order chi connectivity index (χ1) is 16.1. The van der Waals surface area contributed by atoms with E-state index in [1.165, 1.54) is 16.7 Å². The predicted molar refractivity (Wildman–Crippen MR) is 125 cm³/mol. The number of rotatable bonds is 8. The maximum atomic E-state index is 13.9. The van der Waals surface area contributed by atoms with Gasteiger partial charge in [-0.15, -0.1) is 0 Å². The van der Waals surface area contributed by atoms with Gasteiger partial charge in [-0.05, 0) is 25.0 Å². The largest absolute Gasteiger partial charge is 0.485 e. The molecule has 0 aliphatic rings. The van der Waals surface area contributed by atoms with Crippen molar-refractivity contribution in [1.82, 2.24) is 19.4 Å².